The highest BCUT2D eigenvalue weighted by atomic mass is 15.1. The Hall–Kier alpha value is -1.50. The number of hydrogen-bond donors (Lipinski definition) is 0. The van der Waals surface area contributed by atoms with Crippen LogP contribution in [0.15, 0.2) is 61.1 Å². The van der Waals surface area contributed by atoms with Crippen LogP contribution in [0.25, 0.3) is 0 Å². The normalized spacial score (nSPS) is 16.5. The molecule has 0 aliphatic carbocycles. The SMILES string of the molecule is C=CC/C(C)=C\N1C=CC=CC1=C. The summed E-state index contributed by atoms with van der Waals surface area (Å²) in [6.07, 6.45) is 12.8. The van der Waals surface area contributed by atoms with Gasteiger partial charge in [-0.1, -0.05) is 24.3 Å². The van der Waals surface area contributed by atoms with E-state index in [4.69, 9.17) is 0 Å². The first kappa shape index (κ1) is 9.59. The summed E-state index contributed by atoms with van der Waals surface area (Å²) in [5.74, 6) is 0. The second-order valence-electron chi connectivity index (χ2n) is 3.07. The maximum Gasteiger partial charge on any atom is 0.0377 e. The third kappa shape index (κ3) is 2.79. The summed E-state index contributed by atoms with van der Waals surface area (Å²) in [4.78, 5) is 2.01. The van der Waals surface area contributed by atoms with Gasteiger partial charge in [0.25, 0.3) is 0 Å². The van der Waals surface area contributed by atoms with Crippen LogP contribution in [-0.2, 0) is 0 Å². The zero-order valence-corrected chi connectivity index (χ0v) is 8.03. The van der Waals surface area contributed by atoms with E-state index in [0.717, 1.165) is 12.1 Å². The number of hydrogen-bond acceptors (Lipinski definition) is 1. The van der Waals surface area contributed by atoms with Crippen molar-refractivity contribution in [3.8, 4) is 0 Å². The minimum absolute atomic E-state index is 0.918. The van der Waals surface area contributed by atoms with Crippen molar-refractivity contribution in [1.29, 1.82) is 0 Å². The third-order valence-corrected chi connectivity index (χ3v) is 1.80. The first-order valence-electron chi connectivity index (χ1n) is 4.34. The molecule has 0 amide bonds. The van der Waals surface area contributed by atoms with Crippen LogP contribution in [0.4, 0.5) is 0 Å². The van der Waals surface area contributed by atoms with Crippen molar-refractivity contribution in [3.63, 3.8) is 0 Å². The van der Waals surface area contributed by atoms with E-state index >= 15 is 0 Å². The molecular formula is C12H15N. The smallest absolute Gasteiger partial charge is 0.0377 e. The number of allylic oxidation sites excluding steroid dienone is 5. The summed E-state index contributed by atoms with van der Waals surface area (Å²) >= 11 is 0. The van der Waals surface area contributed by atoms with E-state index in [-0.39, 0.29) is 0 Å². The maximum absolute atomic E-state index is 3.93. The summed E-state index contributed by atoms with van der Waals surface area (Å²) in [7, 11) is 0. The van der Waals surface area contributed by atoms with E-state index in [0.29, 0.717) is 0 Å². The highest BCUT2D eigenvalue weighted by molar-refractivity contribution is 5.28. The molecule has 0 unspecified atom stereocenters. The fourth-order valence-corrected chi connectivity index (χ4v) is 1.13. The number of nitrogens with zero attached hydrogens (tertiary/aromatic N) is 1. The Bertz CT molecular complexity index is 292. The summed E-state index contributed by atoms with van der Waals surface area (Å²) < 4.78 is 0. The second-order valence-corrected chi connectivity index (χ2v) is 3.07. The van der Waals surface area contributed by atoms with E-state index in [1.807, 2.05) is 35.4 Å². The van der Waals surface area contributed by atoms with Crippen LogP contribution < -0.4 is 0 Å². The summed E-state index contributed by atoms with van der Waals surface area (Å²) in [6, 6.07) is 0. The van der Waals surface area contributed by atoms with Gasteiger partial charge in [-0.15, -0.1) is 6.58 Å². The molecule has 13 heavy (non-hydrogen) atoms. The molecule has 0 N–H and O–H groups in total. The van der Waals surface area contributed by atoms with Gasteiger partial charge < -0.3 is 4.90 Å². The van der Waals surface area contributed by atoms with Crippen molar-refractivity contribution in [1.82, 2.24) is 4.90 Å². The van der Waals surface area contributed by atoms with Gasteiger partial charge in [0.15, 0.2) is 0 Å². The third-order valence-electron chi connectivity index (χ3n) is 1.80. The molecule has 0 aromatic heterocycles. The molecule has 1 heteroatoms. The van der Waals surface area contributed by atoms with Gasteiger partial charge in [-0.2, -0.15) is 0 Å². The lowest BCUT2D eigenvalue weighted by Crippen LogP contribution is -2.08. The van der Waals surface area contributed by atoms with E-state index in [2.05, 4.69) is 26.3 Å². The number of rotatable bonds is 3. The van der Waals surface area contributed by atoms with Crippen LogP contribution in [0.1, 0.15) is 13.3 Å². The molecular weight excluding hydrogens is 158 g/mol. The summed E-state index contributed by atoms with van der Waals surface area (Å²) in [6.45, 7) is 9.71. The average molecular weight is 173 g/mol. The maximum atomic E-state index is 3.93. The Balaban J connectivity index is 2.68. The molecule has 1 nitrogen and oxygen atoms in total. The molecule has 1 aliphatic heterocycles. The second kappa shape index (κ2) is 4.51. The monoisotopic (exact) mass is 173 g/mol. The highest BCUT2D eigenvalue weighted by Gasteiger charge is 2.00. The molecule has 1 aliphatic rings. The molecule has 1 rings (SSSR count). The van der Waals surface area contributed by atoms with Gasteiger partial charge >= 0.3 is 0 Å². The first-order valence-corrected chi connectivity index (χ1v) is 4.34. The van der Waals surface area contributed by atoms with Crippen molar-refractivity contribution in [2.75, 3.05) is 0 Å². The molecule has 68 valence electrons. The molecule has 0 saturated heterocycles. The van der Waals surface area contributed by atoms with Crippen LogP contribution in [0.3, 0.4) is 0 Å². The molecule has 0 bridgehead atoms. The van der Waals surface area contributed by atoms with E-state index < -0.39 is 0 Å². The Morgan fingerprint density at radius 3 is 2.92 bits per heavy atom. The summed E-state index contributed by atoms with van der Waals surface area (Å²) in [5.41, 5.74) is 2.27. The molecule has 0 aromatic carbocycles. The molecule has 0 radical (unpaired) electrons. The van der Waals surface area contributed by atoms with Crippen LogP contribution in [0.2, 0.25) is 0 Å². The Labute approximate surface area is 80.1 Å². The van der Waals surface area contributed by atoms with E-state index in [1.165, 1.54) is 5.57 Å². The molecule has 0 aromatic rings. The van der Waals surface area contributed by atoms with E-state index in [9.17, 15) is 0 Å². The molecule has 0 saturated carbocycles. The standard InChI is InChI=1S/C12H15N/c1-4-7-11(2)10-13-9-6-5-8-12(13)3/h4-6,8-10H,1,3,7H2,2H3/b11-10-. The molecule has 1 heterocycles. The van der Waals surface area contributed by atoms with Gasteiger partial charge in [0.05, 0.1) is 0 Å². The summed E-state index contributed by atoms with van der Waals surface area (Å²) in [5, 5.41) is 0. The Kier molecular flexibility index (Phi) is 3.32. The van der Waals surface area contributed by atoms with Gasteiger partial charge in [-0.25, -0.2) is 0 Å². The van der Waals surface area contributed by atoms with Crippen molar-refractivity contribution in [2.45, 2.75) is 13.3 Å². The minimum atomic E-state index is 0.918. The molecule has 0 atom stereocenters. The van der Waals surface area contributed by atoms with Crippen LogP contribution in [0.5, 0.6) is 0 Å². The average Bonchev–Trinajstić information content (AvgIpc) is 2.09. The topological polar surface area (TPSA) is 3.24 Å². The van der Waals surface area contributed by atoms with Crippen LogP contribution in [0, 0.1) is 0 Å². The van der Waals surface area contributed by atoms with Crippen molar-refractivity contribution in [2.24, 2.45) is 0 Å². The van der Waals surface area contributed by atoms with Gasteiger partial charge in [0.1, 0.15) is 0 Å². The first-order chi connectivity index (χ1) is 6.24. The lowest BCUT2D eigenvalue weighted by atomic mass is 10.2. The van der Waals surface area contributed by atoms with Gasteiger partial charge in [0.2, 0.25) is 0 Å². The molecule has 0 fully saturated rings. The Morgan fingerprint density at radius 1 is 1.54 bits per heavy atom. The highest BCUT2D eigenvalue weighted by Crippen LogP contribution is 2.13. The van der Waals surface area contributed by atoms with Gasteiger partial charge in [-0.05, 0) is 25.5 Å². The predicted octanol–water partition coefficient (Wildman–Crippen LogP) is 3.37. The lowest BCUT2D eigenvalue weighted by Gasteiger charge is -2.19. The van der Waals surface area contributed by atoms with Crippen LogP contribution in [-0.4, -0.2) is 4.90 Å². The van der Waals surface area contributed by atoms with Gasteiger partial charge in [-0.3, -0.25) is 0 Å². The van der Waals surface area contributed by atoms with Crippen LogP contribution >= 0.6 is 0 Å². The largest absolute Gasteiger partial charge is 0.325 e. The fourth-order valence-electron chi connectivity index (χ4n) is 1.13. The van der Waals surface area contributed by atoms with Crippen molar-refractivity contribution in [3.05, 3.63) is 61.1 Å². The van der Waals surface area contributed by atoms with Gasteiger partial charge in [0, 0.05) is 18.1 Å². The zero-order valence-electron chi connectivity index (χ0n) is 8.03. The van der Waals surface area contributed by atoms with Crippen molar-refractivity contribution < 1.29 is 0 Å². The van der Waals surface area contributed by atoms with E-state index in [1.54, 1.807) is 0 Å². The zero-order chi connectivity index (χ0) is 9.68. The molecule has 0 spiro atoms. The quantitative estimate of drug-likeness (QED) is 0.591. The fraction of sp³-hybridized carbons (Fsp3) is 0.167. The Morgan fingerprint density at radius 2 is 2.31 bits per heavy atom. The minimum Gasteiger partial charge on any atom is -0.325 e. The van der Waals surface area contributed by atoms with Crippen molar-refractivity contribution >= 4 is 0 Å². The predicted molar refractivity (Wildman–Crippen MR) is 57.8 cm³/mol. The lowest BCUT2D eigenvalue weighted by molar-refractivity contribution is 0.639.